The van der Waals surface area contributed by atoms with Gasteiger partial charge in [-0.3, -0.25) is 14.3 Å². The van der Waals surface area contributed by atoms with Gasteiger partial charge < -0.3 is 19.7 Å². The van der Waals surface area contributed by atoms with E-state index >= 15 is 0 Å². The molecule has 2 N–H and O–H groups in total. The summed E-state index contributed by atoms with van der Waals surface area (Å²) >= 11 is 0. The maximum absolute atomic E-state index is 13.7. The summed E-state index contributed by atoms with van der Waals surface area (Å²) in [5.74, 6) is -0.225. The lowest BCUT2D eigenvalue weighted by molar-refractivity contribution is 0.102. The zero-order valence-electron chi connectivity index (χ0n) is 22.3. The second kappa shape index (κ2) is 12.2. The zero-order valence-corrected chi connectivity index (χ0v) is 23.1. The number of methoxy groups -OCH3 is 1. The van der Waals surface area contributed by atoms with Crippen LogP contribution in [0.4, 0.5) is 17.1 Å². The maximum Gasteiger partial charge on any atom is 0.276 e. The van der Waals surface area contributed by atoms with Crippen molar-refractivity contribution in [2.45, 2.75) is 11.4 Å². The molecule has 0 bridgehead atoms. The number of rotatable bonds is 9. The summed E-state index contributed by atoms with van der Waals surface area (Å²) in [6.45, 7) is 2.14. The third-order valence-electron chi connectivity index (χ3n) is 6.48. The van der Waals surface area contributed by atoms with E-state index in [1.165, 1.54) is 30.0 Å². The first-order chi connectivity index (χ1) is 19.8. The number of carbonyl (C=O) groups excluding carboxylic acids is 1. The van der Waals surface area contributed by atoms with Gasteiger partial charge in [-0.25, -0.2) is 13.1 Å². The van der Waals surface area contributed by atoms with Gasteiger partial charge in [0.25, 0.3) is 21.5 Å². The molecule has 1 fully saturated rings. The van der Waals surface area contributed by atoms with Crippen molar-refractivity contribution in [1.29, 1.82) is 0 Å². The zero-order chi connectivity index (χ0) is 28.8. The number of morpholine rings is 1. The molecule has 212 valence electrons. The van der Waals surface area contributed by atoms with Crippen LogP contribution in [0.1, 0.15) is 16.1 Å². The van der Waals surface area contributed by atoms with Crippen molar-refractivity contribution in [2.24, 2.45) is 0 Å². The van der Waals surface area contributed by atoms with Gasteiger partial charge in [0.1, 0.15) is 16.3 Å². The molecule has 0 aliphatic carbocycles. The van der Waals surface area contributed by atoms with Crippen LogP contribution in [0.3, 0.4) is 0 Å². The smallest absolute Gasteiger partial charge is 0.276 e. The van der Waals surface area contributed by atoms with Crippen LogP contribution in [0.15, 0.2) is 94.6 Å². The molecule has 1 aliphatic rings. The van der Waals surface area contributed by atoms with Crippen molar-refractivity contribution in [2.75, 3.05) is 48.4 Å². The van der Waals surface area contributed by atoms with E-state index in [9.17, 15) is 18.0 Å². The molecule has 0 radical (unpaired) electrons. The van der Waals surface area contributed by atoms with Gasteiger partial charge in [0.2, 0.25) is 0 Å². The third kappa shape index (κ3) is 6.56. The number of hydrogen-bond donors (Lipinski definition) is 2. The Morgan fingerprint density at radius 3 is 2.46 bits per heavy atom. The van der Waals surface area contributed by atoms with Crippen LogP contribution in [0.25, 0.3) is 0 Å². The highest BCUT2D eigenvalue weighted by Gasteiger charge is 2.25. The van der Waals surface area contributed by atoms with Crippen molar-refractivity contribution < 1.29 is 22.7 Å². The fraction of sp³-hybridized carbons (Fsp3) is 0.207. The average Bonchev–Trinajstić information content (AvgIpc) is 2.99. The van der Waals surface area contributed by atoms with Crippen LogP contribution in [-0.2, 0) is 21.3 Å². The van der Waals surface area contributed by atoms with E-state index in [0.717, 1.165) is 5.56 Å². The number of anilines is 3. The molecule has 12 heteroatoms. The topological polar surface area (TPSA) is 132 Å². The van der Waals surface area contributed by atoms with E-state index in [0.29, 0.717) is 37.7 Å². The van der Waals surface area contributed by atoms with E-state index in [-0.39, 0.29) is 34.1 Å². The van der Waals surface area contributed by atoms with Gasteiger partial charge >= 0.3 is 0 Å². The second-order valence-corrected chi connectivity index (χ2v) is 10.9. The molecule has 0 spiro atoms. The number of nitrogens with zero attached hydrogens (tertiary/aromatic N) is 3. The van der Waals surface area contributed by atoms with E-state index in [2.05, 4.69) is 15.1 Å². The average molecular weight is 576 g/mol. The van der Waals surface area contributed by atoms with Crippen LogP contribution >= 0.6 is 0 Å². The molecule has 1 aromatic heterocycles. The number of sulfonamides is 1. The number of hydrogen-bond acceptors (Lipinski definition) is 8. The van der Waals surface area contributed by atoms with Gasteiger partial charge in [0.15, 0.2) is 0 Å². The van der Waals surface area contributed by atoms with E-state index in [1.54, 1.807) is 36.4 Å². The Hall–Kier alpha value is -4.68. The number of carbonyl (C=O) groups is 1. The quantitative estimate of drug-likeness (QED) is 0.311. The summed E-state index contributed by atoms with van der Waals surface area (Å²) in [4.78, 5) is 27.4. The molecular weight excluding hydrogens is 546 g/mol. The molecule has 0 saturated carbocycles. The minimum Gasteiger partial charge on any atom is -0.495 e. The van der Waals surface area contributed by atoms with E-state index in [1.807, 2.05) is 35.2 Å². The monoisotopic (exact) mass is 575 g/mol. The molecule has 1 amide bonds. The Kier molecular flexibility index (Phi) is 8.31. The molecule has 5 rings (SSSR count). The van der Waals surface area contributed by atoms with Crippen LogP contribution in [0, 0.1) is 0 Å². The lowest BCUT2D eigenvalue weighted by Crippen LogP contribution is -2.37. The molecule has 4 aromatic rings. The summed E-state index contributed by atoms with van der Waals surface area (Å²) in [5, 5.41) is 6.95. The summed E-state index contributed by atoms with van der Waals surface area (Å²) in [5.41, 5.74) is 1.52. The summed E-state index contributed by atoms with van der Waals surface area (Å²) in [6, 6.07) is 23.3. The fourth-order valence-electron chi connectivity index (χ4n) is 4.44. The Morgan fingerprint density at radius 1 is 0.976 bits per heavy atom. The highest BCUT2D eigenvalue weighted by Crippen LogP contribution is 2.33. The van der Waals surface area contributed by atoms with Crippen molar-refractivity contribution >= 4 is 33.0 Å². The van der Waals surface area contributed by atoms with Crippen LogP contribution in [0.5, 0.6) is 5.75 Å². The second-order valence-electron chi connectivity index (χ2n) is 9.24. The Labute approximate surface area is 237 Å². The number of amides is 1. The molecule has 2 heterocycles. The van der Waals surface area contributed by atoms with Crippen LogP contribution in [-0.4, -0.2) is 57.5 Å². The lowest BCUT2D eigenvalue weighted by Gasteiger charge is -2.30. The standard InChI is InChI=1S/C29H29N5O6S/c1-39-26-10-6-5-9-23(26)32-41(37,38)27-19-22(11-13-25(27)33-15-17-40-18-16-33)30-29(36)24-12-14-28(35)34(31-24)20-21-7-3-2-4-8-21/h2-14,19,32H,15-18,20H2,1H3,(H,30,36). The molecule has 1 aliphatic heterocycles. The lowest BCUT2D eigenvalue weighted by atomic mass is 10.2. The predicted octanol–water partition coefficient (Wildman–Crippen LogP) is 3.19. The number of benzene rings is 3. The van der Waals surface area contributed by atoms with Crippen molar-refractivity contribution in [1.82, 2.24) is 9.78 Å². The van der Waals surface area contributed by atoms with Gasteiger partial charge in [0.05, 0.1) is 38.2 Å². The SMILES string of the molecule is COc1ccccc1NS(=O)(=O)c1cc(NC(=O)c2ccc(=O)n(Cc3ccccc3)n2)ccc1N1CCOCC1. The van der Waals surface area contributed by atoms with E-state index in [4.69, 9.17) is 9.47 Å². The highest BCUT2D eigenvalue weighted by molar-refractivity contribution is 7.93. The predicted molar refractivity (Wildman–Crippen MR) is 155 cm³/mol. The summed E-state index contributed by atoms with van der Waals surface area (Å²) < 4.78 is 42.0. The molecule has 11 nitrogen and oxygen atoms in total. The van der Waals surface area contributed by atoms with Gasteiger partial charge in [-0.05, 0) is 42.0 Å². The highest BCUT2D eigenvalue weighted by atomic mass is 32.2. The first-order valence-corrected chi connectivity index (χ1v) is 14.4. The molecular formula is C29H29N5O6S. The first kappa shape index (κ1) is 27.9. The summed E-state index contributed by atoms with van der Waals surface area (Å²) in [6.07, 6.45) is 0. The maximum atomic E-state index is 13.7. The van der Waals surface area contributed by atoms with Gasteiger partial charge in [-0.2, -0.15) is 5.10 Å². The van der Waals surface area contributed by atoms with Crippen molar-refractivity contribution in [3.05, 3.63) is 107 Å². The molecule has 0 atom stereocenters. The Balaban J connectivity index is 1.45. The van der Waals surface area contributed by atoms with Crippen molar-refractivity contribution in [3.63, 3.8) is 0 Å². The molecule has 41 heavy (non-hydrogen) atoms. The minimum absolute atomic E-state index is 0.00865. The number of nitrogens with one attached hydrogen (secondary N) is 2. The van der Waals surface area contributed by atoms with Crippen LogP contribution in [0.2, 0.25) is 0 Å². The largest absolute Gasteiger partial charge is 0.495 e. The number of ether oxygens (including phenoxy) is 2. The summed E-state index contributed by atoms with van der Waals surface area (Å²) in [7, 11) is -2.66. The Bertz CT molecular complexity index is 1700. The van der Waals surface area contributed by atoms with E-state index < -0.39 is 15.9 Å². The minimum atomic E-state index is -4.12. The van der Waals surface area contributed by atoms with Gasteiger partial charge in [-0.1, -0.05) is 42.5 Å². The molecule has 1 saturated heterocycles. The van der Waals surface area contributed by atoms with Crippen molar-refractivity contribution in [3.8, 4) is 5.75 Å². The van der Waals surface area contributed by atoms with Gasteiger partial charge in [-0.15, -0.1) is 0 Å². The number of para-hydroxylation sites is 2. The molecule has 0 unspecified atom stereocenters. The molecule has 3 aromatic carbocycles. The third-order valence-corrected chi connectivity index (χ3v) is 7.88. The van der Waals surface area contributed by atoms with Gasteiger partial charge in [0, 0.05) is 24.8 Å². The van der Waals surface area contributed by atoms with Crippen LogP contribution < -0.4 is 25.2 Å². The Morgan fingerprint density at radius 2 is 1.71 bits per heavy atom. The fourth-order valence-corrected chi connectivity index (χ4v) is 5.76. The number of aromatic nitrogens is 2. The first-order valence-electron chi connectivity index (χ1n) is 12.9. The normalized spacial score (nSPS) is 13.4.